The quantitative estimate of drug-likeness (QED) is 0.120. The first kappa shape index (κ1) is 28.4. The zero-order valence-electron chi connectivity index (χ0n) is 19.2. The van der Waals surface area contributed by atoms with Crippen LogP contribution >= 0.6 is 0 Å². The summed E-state index contributed by atoms with van der Waals surface area (Å²) in [6.45, 7) is 8.94. The monoisotopic (exact) mass is 478 g/mol. The molecule has 0 aliphatic heterocycles. The molecule has 2 N–H and O–H groups in total. The fourth-order valence-electron chi connectivity index (χ4n) is 2.43. The van der Waals surface area contributed by atoms with Crippen molar-refractivity contribution >= 4 is 23.7 Å². The van der Waals surface area contributed by atoms with Gasteiger partial charge >= 0.3 is 17.9 Å². The summed E-state index contributed by atoms with van der Waals surface area (Å²) < 4.78 is 20.1. The molecule has 1 rings (SSSR count). The van der Waals surface area contributed by atoms with E-state index >= 15 is 0 Å². The molecule has 0 aromatic heterocycles. The number of esters is 3. The Balaban J connectivity index is 2.41. The van der Waals surface area contributed by atoms with Crippen molar-refractivity contribution in [1.82, 2.24) is 0 Å². The van der Waals surface area contributed by atoms with Gasteiger partial charge in [0.2, 0.25) is 0 Å². The van der Waals surface area contributed by atoms with E-state index in [1.807, 2.05) is 0 Å². The molecule has 0 aliphatic rings. The van der Waals surface area contributed by atoms with E-state index in [-0.39, 0.29) is 43.3 Å². The number of hydrogen-bond acceptors (Lipinski definition) is 10. The van der Waals surface area contributed by atoms with E-state index in [1.165, 1.54) is 6.92 Å². The van der Waals surface area contributed by atoms with Gasteiger partial charge in [-0.05, 0) is 44.7 Å². The van der Waals surface area contributed by atoms with Crippen molar-refractivity contribution in [2.24, 2.45) is 0 Å². The van der Waals surface area contributed by atoms with Crippen molar-refractivity contribution in [3.63, 3.8) is 0 Å². The van der Waals surface area contributed by atoms with Crippen LogP contribution in [0.2, 0.25) is 0 Å². The molecule has 0 spiro atoms. The maximum atomic E-state index is 12.2. The lowest BCUT2D eigenvalue weighted by Gasteiger charge is -2.10. The summed E-state index contributed by atoms with van der Waals surface area (Å²) in [5.74, 6) is -3.53. The van der Waals surface area contributed by atoms with Crippen LogP contribution in [0.25, 0.3) is 0 Å². The first-order chi connectivity index (χ1) is 16.2. The first-order valence-electron chi connectivity index (χ1n) is 10.6. The average molecular weight is 478 g/mol. The van der Waals surface area contributed by atoms with Gasteiger partial charge in [0.15, 0.2) is 5.78 Å². The lowest BCUT2D eigenvalue weighted by Crippen LogP contribution is -2.11. The van der Waals surface area contributed by atoms with Gasteiger partial charge in [-0.3, -0.25) is 4.79 Å². The van der Waals surface area contributed by atoms with Gasteiger partial charge in [0.05, 0.1) is 26.4 Å². The van der Waals surface area contributed by atoms with Crippen molar-refractivity contribution in [3.05, 3.63) is 48.1 Å². The normalized spacial score (nSPS) is 10.3. The molecule has 0 atom stereocenters. The number of carbonyl (C=O) groups excluding carboxylic acids is 4. The maximum Gasteiger partial charge on any atom is 0.342 e. The predicted octanol–water partition coefficient (Wildman–Crippen LogP) is 2.86. The minimum absolute atomic E-state index is 0.00104. The van der Waals surface area contributed by atoms with Gasteiger partial charge in [0, 0.05) is 18.3 Å². The lowest BCUT2D eigenvalue weighted by molar-refractivity contribution is -0.137. The molecule has 34 heavy (non-hydrogen) atoms. The molecular formula is C24H30O10. The molecule has 0 saturated heterocycles. The summed E-state index contributed by atoms with van der Waals surface area (Å²) in [5.41, 5.74) is -0.232. The zero-order valence-corrected chi connectivity index (χ0v) is 19.2. The number of rotatable bonds is 16. The van der Waals surface area contributed by atoms with Gasteiger partial charge in [0.1, 0.15) is 22.6 Å². The van der Waals surface area contributed by atoms with E-state index in [2.05, 4.69) is 13.2 Å². The van der Waals surface area contributed by atoms with Crippen LogP contribution in [0.15, 0.2) is 36.9 Å². The average Bonchev–Trinajstić information content (AvgIpc) is 2.80. The van der Waals surface area contributed by atoms with E-state index < -0.39 is 29.4 Å². The molecule has 0 heterocycles. The molecular weight excluding hydrogens is 448 g/mol. The SMILES string of the molecule is C=CC(=O)OCCCCOC(=O)c1cc(O)c(C(=O)OCCCCOCC(=C)C(C)=O)cc1O. The second-order valence-electron chi connectivity index (χ2n) is 7.16. The largest absolute Gasteiger partial charge is 0.507 e. The van der Waals surface area contributed by atoms with Gasteiger partial charge in [-0.2, -0.15) is 0 Å². The standard InChI is InChI=1S/C24H30O10/c1-4-22(28)32-10-7-8-12-34-24(30)19-14-20(26)18(13-21(19)27)23(29)33-11-6-5-9-31-15-16(2)17(3)25/h4,13-14,26-27H,1-2,5-12,15H2,3H3. The highest BCUT2D eigenvalue weighted by Gasteiger charge is 2.21. The highest BCUT2D eigenvalue weighted by molar-refractivity contribution is 5.98. The van der Waals surface area contributed by atoms with Crippen molar-refractivity contribution < 1.29 is 48.3 Å². The van der Waals surface area contributed by atoms with Crippen LogP contribution in [0.1, 0.15) is 53.3 Å². The van der Waals surface area contributed by atoms with Crippen LogP contribution in [0.5, 0.6) is 11.5 Å². The number of Topliss-reactive ketones (excluding diaryl/α,β-unsaturated/α-hetero) is 1. The maximum absolute atomic E-state index is 12.2. The third kappa shape index (κ3) is 10.3. The van der Waals surface area contributed by atoms with Crippen molar-refractivity contribution in [1.29, 1.82) is 0 Å². The molecule has 0 fully saturated rings. The van der Waals surface area contributed by atoms with Crippen LogP contribution in [-0.4, -0.2) is 66.9 Å². The Morgan fingerprint density at radius 2 is 1.26 bits per heavy atom. The van der Waals surface area contributed by atoms with Gasteiger partial charge in [-0.15, -0.1) is 0 Å². The molecule has 0 unspecified atom stereocenters. The Kier molecular flexibility index (Phi) is 12.7. The van der Waals surface area contributed by atoms with Gasteiger partial charge in [-0.25, -0.2) is 14.4 Å². The van der Waals surface area contributed by atoms with Crippen molar-refractivity contribution in [2.45, 2.75) is 32.6 Å². The van der Waals surface area contributed by atoms with Crippen LogP contribution < -0.4 is 0 Å². The van der Waals surface area contributed by atoms with Crippen molar-refractivity contribution in [3.8, 4) is 11.5 Å². The number of hydrogen-bond donors (Lipinski definition) is 2. The number of phenolic OH excluding ortho intramolecular Hbond substituents is 2. The molecule has 1 aromatic rings. The molecule has 1 aromatic carbocycles. The number of phenols is 2. The van der Waals surface area contributed by atoms with Crippen molar-refractivity contribution in [2.75, 3.05) is 33.0 Å². The summed E-state index contributed by atoms with van der Waals surface area (Å²) >= 11 is 0. The van der Waals surface area contributed by atoms with Gasteiger partial charge in [-0.1, -0.05) is 13.2 Å². The molecule has 0 bridgehead atoms. The predicted molar refractivity (Wildman–Crippen MR) is 121 cm³/mol. The molecule has 10 heteroatoms. The third-order valence-corrected chi connectivity index (χ3v) is 4.43. The topological polar surface area (TPSA) is 146 Å². The zero-order chi connectivity index (χ0) is 25.5. The van der Waals surface area contributed by atoms with E-state index in [4.69, 9.17) is 18.9 Å². The summed E-state index contributed by atoms with van der Waals surface area (Å²) in [6, 6.07) is 1.86. The van der Waals surface area contributed by atoms with E-state index in [1.54, 1.807) is 0 Å². The Hall–Kier alpha value is -3.66. The second-order valence-corrected chi connectivity index (χ2v) is 7.16. The molecule has 0 aliphatic carbocycles. The van der Waals surface area contributed by atoms with Crippen LogP contribution in [0, 0.1) is 0 Å². The number of carbonyl (C=O) groups is 4. The molecule has 0 saturated carbocycles. The van der Waals surface area contributed by atoms with Gasteiger partial charge in [0.25, 0.3) is 0 Å². The number of benzene rings is 1. The summed E-state index contributed by atoms with van der Waals surface area (Å²) in [6.07, 6.45) is 2.94. The Labute approximate surface area is 197 Å². The summed E-state index contributed by atoms with van der Waals surface area (Å²) in [5, 5.41) is 20.2. The number of ketones is 1. The number of ether oxygens (including phenoxy) is 4. The molecule has 0 amide bonds. The highest BCUT2D eigenvalue weighted by atomic mass is 16.5. The Morgan fingerprint density at radius 3 is 1.71 bits per heavy atom. The highest BCUT2D eigenvalue weighted by Crippen LogP contribution is 2.28. The Bertz CT molecular complexity index is 903. The number of unbranched alkanes of at least 4 members (excludes halogenated alkanes) is 2. The van der Waals surface area contributed by atoms with E-state index in [9.17, 15) is 29.4 Å². The smallest absolute Gasteiger partial charge is 0.342 e. The van der Waals surface area contributed by atoms with E-state index in [0.29, 0.717) is 37.9 Å². The van der Waals surface area contributed by atoms with E-state index in [0.717, 1.165) is 18.2 Å². The molecule has 10 nitrogen and oxygen atoms in total. The molecule has 0 radical (unpaired) electrons. The fourth-order valence-corrected chi connectivity index (χ4v) is 2.43. The fraction of sp³-hybridized carbons (Fsp3) is 0.417. The van der Waals surface area contributed by atoms with Crippen LogP contribution in [-0.2, 0) is 28.5 Å². The minimum Gasteiger partial charge on any atom is -0.507 e. The van der Waals surface area contributed by atoms with Gasteiger partial charge < -0.3 is 29.2 Å². The first-order valence-corrected chi connectivity index (χ1v) is 10.6. The minimum atomic E-state index is -0.886. The van der Waals surface area contributed by atoms with Crippen LogP contribution in [0.3, 0.4) is 0 Å². The summed E-state index contributed by atoms with van der Waals surface area (Å²) in [7, 11) is 0. The second kappa shape index (κ2) is 15.2. The molecule has 186 valence electrons. The third-order valence-electron chi connectivity index (χ3n) is 4.43. The lowest BCUT2D eigenvalue weighted by atomic mass is 10.1. The van der Waals surface area contributed by atoms with Crippen LogP contribution in [0.4, 0.5) is 0 Å². The summed E-state index contributed by atoms with van der Waals surface area (Å²) in [4.78, 5) is 46.2. The number of aromatic hydroxyl groups is 2. The Morgan fingerprint density at radius 1 is 0.824 bits per heavy atom.